The molecule has 1 saturated carbocycles. The molecule has 2 aromatic heterocycles. The van der Waals surface area contributed by atoms with E-state index in [1.165, 1.54) is 52.6 Å². The van der Waals surface area contributed by atoms with Gasteiger partial charge in [-0.05, 0) is 81.5 Å². The second kappa shape index (κ2) is 6.11. The van der Waals surface area contributed by atoms with E-state index in [0.29, 0.717) is 5.55 Å². The largest absolute Gasteiger partial charge is 0.463 e. The average Bonchev–Trinajstić information content (AvgIpc) is 3.28. The van der Waals surface area contributed by atoms with Gasteiger partial charge in [0, 0.05) is 16.7 Å². The van der Waals surface area contributed by atoms with Crippen LogP contribution < -0.4 is 5.55 Å². The molecule has 4 heteroatoms. The topological polar surface area (TPSA) is 51.0 Å². The summed E-state index contributed by atoms with van der Waals surface area (Å²) in [6.45, 7) is 4.22. The maximum atomic E-state index is 6.26. The van der Waals surface area contributed by atoms with Crippen molar-refractivity contribution in [3.05, 3.63) is 40.1 Å². The van der Waals surface area contributed by atoms with E-state index in [0.717, 1.165) is 48.7 Å². The smallest absolute Gasteiger partial charge is 0.242 e. The molecule has 2 aliphatic carbocycles. The quantitative estimate of drug-likeness (QED) is 0.545. The van der Waals surface area contributed by atoms with Crippen molar-refractivity contribution in [3.8, 4) is 0 Å². The Morgan fingerprint density at radius 3 is 2.46 bits per heavy atom. The van der Waals surface area contributed by atoms with E-state index < -0.39 is 0 Å². The molecule has 1 aromatic carbocycles. The molecule has 26 heavy (non-hydrogen) atoms. The molecule has 0 N–H and O–H groups in total. The molecule has 0 aliphatic heterocycles. The fourth-order valence-electron chi connectivity index (χ4n) is 4.62. The normalized spacial score (nSPS) is 18.1. The molecular weight excluding hydrogens is 324 g/mol. The third-order valence-electron chi connectivity index (χ3n) is 5.89. The summed E-state index contributed by atoms with van der Waals surface area (Å²) in [6, 6.07) is 2.13. The molecule has 0 atom stereocenters. The van der Waals surface area contributed by atoms with Gasteiger partial charge in [0.15, 0.2) is 0 Å². The minimum Gasteiger partial charge on any atom is -0.463 e. The van der Waals surface area contributed by atoms with Gasteiger partial charge in [-0.2, -0.15) is 5.10 Å². The highest BCUT2D eigenvalue weighted by Gasteiger charge is 2.23. The van der Waals surface area contributed by atoms with Crippen LogP contribution in [0.1, 0.15) is 60.8 Å². The van der Waals surface area contributed by atoms with E-state index in [1.54, 1.807) is 0 Å². The highest BCUT2D eigenvalue weighted by atomic mass is 16.3. The summed E-state index contributed by atoms with van der Waals surface area (Å²) in [4.78, 5) is 0. The van der Waals surface area contributed by atoms with Crippen LogP contribution in [0, 0.1) is 13.8 Å². The van der Waals surface area contributed by atoms with Gasteiger partial charge in [0.05, 0.1) is 11.6 Å². The summed E-state index contributed by atoms with van der Waals surface area (Å²) in [5.74, 6) is 0. The van der Waals surface area contributed by atoms with Crippen LogP contribution in [0.2, 0.25) is 0 Å². The summed E-state index contributed by atoms with van der Waals surface area (Å²) in [5.41, 5.74) is 8.67. The zero-order valence-corrected chi connectivity index (χ0v) is 15.5. The Bertz CT molecular complexity index is 1110. The fourth-order valence-corrected chi connectivity index (χ4v) is 4.62. The Hall–Kier alpha value is -2.36. The van der Waals surface area contributed by atoms with Crippen LogP contribution in [0.3, 0.4) is 0 Å². The van der Waals surface area contributed by atoms with Crippen LogP contribution in [0.15, 0.2) is 31.4 Å². The molecule has 0 bridgehead atoms. The van der Waals surface area contributed by atoms with Crippen molar-refractivity contribution in [2.45, 2.75) is 65.2 Å². The number of hydrogen-bond acceptors (Lipinski definition) is 4. The van der Waals surface area contributed by atoms with Crippen molar-refractivity contribution < 1.29 is 8.83 Å². The summed E-state index contributed by atoms with van der Waals surface area (Å²) >= 11 is 0. The first-order chi connectivity index (χ1) is 12.7. The Balaban J connectivity index is 1.78. The third-order valence-corrected chi connectivity index (χ3v) is 5.89. The predicted octanol–water partition coefficient (Wildman–Crippen LogP) is 5.51. The first-order valence-corrected chi connectivity index (χ1v) is 9.78. The van der Waals surface area contributed by atoms with Crippen LogP contribution in [0.25, 0.3) is 21.9 Å². The lowest BCUT2D eigenvalue weighted by Gasteiger charge is -2.10. The van der Waals surface area contributed by atoms with Crippen LogP contribution >= 0.6 is 0 Å². The lowest BCUT2D eigenvalue weighted by Crippen LogP contribution is -2.11. The molecule has 3 aromatic rings. The van der Waals surface area contributed by atoms with E-state index in [4.69, 9.17) is 8.83 Å². The summed E-state index contributed by atoms with van der Waals surface area (Å²) in [6.07, 6.45) is 11.0. The first kappa shape index (κ1) is 15.9. The zero-order chi connectivity index (χ0) is 17.7. The van der Waals surface area contributed by atoms with Gasteiger partial charge in [-0.25, -0.2) is 0 Å². The lowest BCUT2D eigenvalue weighted by molar-refractivity contribution is 0.526. The van der Waals surface area contributed by atoms with E-state index >= 15 is 0 Å². The standard InChI is InChI=1S/C22H24N2O2/c1-13-11-18-20(21-19(13)14(2)12-25-21)16-9-6-10-17(16)22(26-18)24-23-15-7-4-3-5-8-15/h11-12H,3-10H2,1-2H3/b24-22-. The Labute approximate surface area is 152 Å². The molecule has 0 saturated heterocycles. The number of aryl methyl sites for hydroxylation is 3. The minimum absolute atomic E-state index is 0.699. The van der Waals surface area contributed by atoms with Crippen LogP contribution in [0.5, 0.6) is 0 Å². The predicted molar refractivity (Wildman–Crippen MR) is 104 cm³/mol. The monoisotopic (exact) mass is 348 g/mol. The van der Waals surface area contributed by atoms with Gasteiger partial charge in [-0.3, -0.25) is 0 Å². The van der Waals surface area contributed by atoms with Gasteiger partial charge in [0.1, 0.15) is 11.2 Å². The molecule has 0 spiro atoms. The summed E-state index contributed by atoms with van der Waals surface area (Å²) in [7, 11) is 0. The second-order valence-electron chi connectivity index (χ2n) is 7.73. The van der Waals surface area contributed by atoms with Crippen molar-refractivity contribution in [3.63, 3.8) is 0 Å². The number of rotatable bonds is 1. The molecule has 0 radical (unpaired) electrons. The van der Waals surface area contributed by atoms with Gasteiger partial charge in [-0.15, -0.1) is 5.10 Å². The van der Waals surface area contributed by atoms with Crippen molar-refractivity contribution in [1.82, 2.24) is 0 Å². The molecule has 5 rings (SSSR count). The van der Waals surface area contributed by atoms with Crippen molar-refractivity contribution in [1.29, 1.82) is 0 Å². The van der Waals surface area contributed by atoms with E-state index in [2.05, 4.69) is 30.1 Å². The average molecular weight is 348 g/mol. The van der Waals surface area contributed by atoms with Crippen molar-refractivity contribution in [2.75, 3.05) is 0 Å². The Morgan fingerprint density at radius 2 is 1.62 bits per heavy atom. The van der Waals surface area contributed by atoms with E-state index in [9.17, 15) is 0 Å². The van der Waals surface area contributed by atoms with Crippen LogP contribution in [0.4, 0.5) is 0 Å². The first-order valence-electron chi connectivity index (χ1n) is 9.78. The highest BCUT2D eigenvalue weighted by Crippen LogP contribution is 2.36. The van der Waals surface area contributed by atoms with Gasteiger partial charge in [-0.1, -0.05) is 6.42 Å². The summed E-state index contributed by atoms with van der Waals surface area (Å²) < 4.78 is 12.2. The second-order valence-corrected chi connectivity index (χ2v) is 7.73. The fraction of sp³-hybridized carbons (Fsp3) is 0.455. The Morgan fingerprint density at radius 1 is 0.808 bits per heavy atom. The number of hydrogen-bond donors (Lipinski definition) is 0. The molecule has 0 amide bonds. The summed E-state index contributed by atoms with van der Waals surface area (Å²) in [5, 5.41) is 11.5. The molecule has 4 nitrogen and oxygen atoms in total. The van der Waals surface area contributed by atoms with Gasteiger partial charge in [0.25, 0.3) is 0 Å². The van der Waals surface area contributed by atoms with Crippen LogP contribution in [-0.2, 0) is 12.8 Å². The lowest BCUT2D eigenvalue weighted by atomic mass is 9.99. The van der Waals surface area contributed by atoms with Gasteiger partial charge >= 0.3 is 0 Å². The number of benzene rings is 1. The molecule has 2 aliphatic rings. The third kappa shape index (κ3) is 2.43. The van der Waals surface area contributed by atoms with E-state index in [-0.39, 0.29) is 0 Å². The maximum Gasteiger partial charge on any atom is 0.242 e. The molecule has 0 unspecified atom stereocenters. The van der Waals surface area contributed by atoms with E-state index in [1.807, 2.05) is 6.26 Å². The number of fused-ring (bicyclic) bond motifs is 5. The van der Waals surface area contributed by atoms with Gasteiger partial charge in [0.2, 0.25) is 5.55 Å². The Kier molecular flexibility index (Phi) is 3.73. The minimum atomic E-state index is 0.699. The maximum absolute atomic E-state index is 6.26. The highest BCUT2D eigenvalue weighted by molar-refractivity contribution is 6.07. The van der Waals surface area contributed by atoms with Crippen molar-refractivity contribution in [2.24, 2.45) is 10.2 Å². The van der Waals surface area contributed by atoms with Crippen molar-refractivity contribution >= 4 is 27.7 Å². The molecule has 1 fully saturated rings. The SMILES string of the molecule is Cc1coc2c1c(C)cc1o/c(=N\N=C3CCCCC3)c3c(c12)CCC3. The molecule has 134 valence electrons. The zero-order valence-electron chi connectivity index (χ0n) is 15.5. The number of nitrogens with zero attached hydrogens (tertiary/aromatic N) is 2. The number of furan rings is 1. The van der Waals surface area contributed by atoms with Gasteiger partial charge < -0.3 is 8.83 Å². The van der Waals surface area contributed by atoms with Crippen LogP contribution in [-0.4, -0.2) is 5.71 Å². The molecule has 2 heterocycles. The molecular formula is C22H24N2O2.